The Bertz CT molecular complexity index is 543. The second-order valence-electron chi connectivity index (χ2n) is 5.95. The molecule has 1 amide bonds. The Morgan fingerprint density at radius 2 is 2.04 bits per heavy atom. The molecule has 0 aliphatic carbocycles. The number of methoxy groups -OCH3 is 1. The van der Waals surface area contributed by atoms with E-state index in [0.29, 0.717) is 25.1 Å². The lowest BCUT2D eigenvalue weighted by molar-refractivity contribution is -0.160. The van der Waals surface area contributed by atoms with E-state index < -0.39 is 17.5 Å². The third-order valence-electron chi connectivity index (χ3n) is 4.17. The first-order valence-electron chi connectivity index (χ1n) is 7.71. The van der Waals surface area contributed by atoms with Gasteiger partial charge >= 0.3 is 5.97 Å². The molecule has 0 radical (unpaired) electrons. The van der Waals surface area contributed by atoms with E-state index in [0.717, 1.165) is 0 Å². The van der Waals surface area contributed by atoms with Crippen LogP contribution in [0.3, 0.4) is 0 Å². The first kappa shape index (κ1) is 17.3. The summed E-state index contributed by atoms with van der Waals surface area (Å²) in [5.41, 5.74) is -1.03. The Labute approximate surface area is 136 Å². The second kappa shape index (κ2) is 7.46. The molecule has 0 spiro atoms. The van der Waals surface area contributed by atoms with E-state index in [1.54, 1.807) is 24.0 Å². The summed E-state index contributed by atoms with van der Waals surface area (Å²) in [7, 11) is 1.48. The number of hydrogen-bond donors (Lipinski definition) is 1. The number of aliphatic carboxylic acids is 1. The lowest BCUT2D eigenvalue weighted by atomic mass is 9.80. The minimum absolute atomic E-state index is 0.0973. The maximum absolute atomic E-state index is 12.6. The fraction of sp³-hybridized carbons (Fsp3) is 0.529. The standard InChI is InChI=1S/C17H23NO5/c1-13(23-14-7-4-3-5-8-14)15(19)18-10-6-9-17(11-18,12-22-2)16(20)21/h3-5,7-8,13H,6,9-12H2,1-2H3,(H,20,21). The summed E-state index contributed by atoms with van der Waals surface area (Å²) in [6.07, 6.45) is 0.484. The number of likely N-dealkylation sites (tertiary alicyclic amines) is 1. The molecule has 1 aromatic carbocycles. The van der Waals surface area contributed by atoms with Gasteiger partial charge in [-0.15, -0.1) is 0 Å². The smallest absolute Gasteiger partial charge is 0.313 e. The van der Waals surface area contributed by atoms with Crippen LogP contribution in [0, 0.1) is 5.41 Å². The fourth-order valence-electron chi connectivity index (χ4n) is 2.96. The molecule has 6 nitrogen and oxygen atoms in total. The molecule has 6 heteroatoms. The van der Waals surface area contributed by atoms with E-state index in [1.165, 1.54) is 7.11 Å². The van der Waals surface area contributed by atoms with E-state index in [2.05, 4.69) is 0 Å². The summed E-state index contributed by atoms with van der Waals surface area (Å²) in [4.78, 5) is 25.8. The maximum Gasteiger partial charge on any atom is 0.313 e. The largest absolute Gasteiger partial charge is 0.481 e. The molecule has 0 bridgehead atoms. The number of ether oxygens (including phenoxy) is 2. The number of carbonyl (C=O) groups excluding carboxylic acids is 1. The van der Waals surface area contributed by atoms with Crippen LogP contribution in [0.25, 0.3) is 0 Å². The Kier molecular flexibility index (Phi) is 5.60. The van der Waals surface area contributed by atoms with Crippen molar-refractivity contribution in [2.75, 3.05) is 26.8 Å². The zero-order valence-corrected chi connectivity index (χ0v) is 13.5. The molecule has 1 heterocycles. The average molecular weight is 321 g/mol. The van der Waals surface area contributed by atoms with Gasteiger partial charge in [-0.1, -0.05) is 18.2 Å². The van der Waals surface area contributed by atoms with Gasteiger partial charge in [-0.2, -0.15) is 0 Å². The van der Waals surface area contributed by atoms with Crippen LogP contribution >= 0.6 is 0 Å². The van der Waals surface area contributed by atoms with Crippen LogP contribution < -0.4 is 4.74 Å². The highest BCUT2D eigenvalue weighted by Gasteiger charge is 2.44. The van der Waals surface area contributed by atoms with Crippen molar-refractivity contribution < 1.29 is 24.2 Å². The molecular formula is C17H23NO5. The van der Waals surface area contributed by atoms with E-state index in [9.17, 15) is 14.7 Å². The Morgan fingerprint density at radius 3 is 2.65 bits per heavy atom. The maximum atomic E-state index is 12.6. The van der Waals surface area contributed by atoms with Crippen LogP contribution in [0.4, 0.5) is 0 Å². The molecule has 0 saturated carbocycles. The number of carboxylic acids is 1. The molecule has 2 unspecified atom stereocenters. The highest BCUT2D eigenvalue weighted by atomic mass is 16.5. The second-order valence-corrected chi connectivity index (χ2v) is 5.95. The average Bonchev–Trinajstić information content (AvgIpc) is 2.55. The highest BCUT2D eigenvalue weighted by Crippen LogP contribution is 2.31. The van der Waals surface area contributed by atoms with Crippen molar-refractivity contribution in [2.45, 2.75) is 25.9 Å². The highest BCUT2D eigenvalue weighted by molar-refractivity contribution is 5.83. The fourth-order valence-corrected chi connectivity index (χ4v) is 2.96. The number of hydrogen-bond acceptors (Lipinski definition) is 4. The van der Waals surface area contributed by atoms with Crippen molar-refractivity contribution in [3.8, 4) is 5.75 Å². The Morgan fingerprint density at radius 1 is 1.35 bits per heavy atom. The van der Waals surface area contributed by atoms with Gasteiger partial charge in [0.25, 0.3) is 5.91 Å². The van der Waals surface area contributed by atoms with Gasteiger partial charge < -0.3 is 19.5 Å². The molecule has 2 rings (SSSR count). The topological polar surface area (TPSA) is 76.1 Å². The van der Waals surface area contributed by atoms with Crippen molar-refractivity contribution in [3.63, 3.8) is 0 Å². The minimum atomic E-state index is -1.03. The number of carbonyl (C=O) groups is 2. The van der Waals surface area contributed by atoms with Crippen LogP contribution in [0.1, 0.15) is 19.8 Å². The molecule has 1 N–H and O–H groups in total. The number of piperidine rings is 1. The third-order valence-corrected chi connectivity index (χ3v) is 4.17. The Balaban J connectivity index is 2.05. The van der Waals surface area contributed by atoms with E-state index in [-0.39, 0.29) is 19.1 Å². The molecule has 0 aromatic heterocycles. The quantitative estimate of drug-likeness (QED) is 0.864. The van der Waals surface area contributed by atoms with Gasteiger partial charge in [-0.25, -0.2) is 0 Å². The molecule has 126 valence electrons. The summed E-state index contributed by atoms with van der Waals surface area (Å²) < 4.78 is 10.7. The van der Waals surface area contributed by atoms with Crippen LogP contribution in [0.5, 0.6) is 5.75 Å². The van der Waals surface area contributed by atoms with Gasteiger partial charge in [-0.3, -0.25) is 9.59 Å². The van der Waals surface area contributed by atoms with Crippen LogP contribution in [0.15, 0.2) is 30.3 Å². The number of benzene rings is 1. The van der Waals surface area contributed by atoms with Gasteiger partial charge in [0.05, 0.1) is 6.61 Å². The minimum Gasteiger partial charge on any atom is -0.481 e. The van der Waals surface area contributed by atoms with E-state index in [1.807, 2.05) is 18.2 Å². The molecular weight excluding hydrogens is 298 g/mol. The third kappa shape index (κ3) is 4.01. The normalized spacial score (nSPS) is 22.4. The molecule has 23 heavy (non-hydrogen) atoms. The SMILES string of the molecule is COCC1(C(=O)O)CCCN(C(=O)C(C)Oc2ccccc2)C1. The van der Waals surface area contributed by atoms with Crippen molar-refractivity contribution in [1.29, 1.82) is 0 Å². The van der Waals surface area contributed by atoms with Crippen LogP contribution in [-0.4, -0.2) is 54.8 Å². The number of nitrogens with zero attached hydrogens (tertiary/aromatic N) is 1. The van der Waals surface area contributed by atoms with Crippen molar-refractivity contribution >= 4 is 11.9 Å². The first-order chi connectivity index (χ1) is 11.0. The summed E-state index contributed by atoms with van der Waals surface area (Å²) in [5.74, 6) is -0.504. The summed E-state index contributed by atoms with van der Waals surface area (Å²) in [5, 5.41) is 9.54. The van der Waals surface area contributed by atoms with Gasteiger partial charge in [-0.05, 0) is 31.9 Å². The number of carboxylic acid groups (broad SMARTS) is 1. The Hall–Kier alpha value is -2.08. The molecule has 1 aliphatic rings. The van der Waals surface area contributed by atoms with E-state index >= 15 is 0 Å². The number of amides is 1. The lowest BCUT2D eigenvalue weighted by Crippen LogP contribution is -2.54. The van der Waals surface area contributed by atoms with Crippen LogP contribution in [-0.2, 0) is 14.3 Å². The van der Waals surface area contributed by atoms with Crippen molar-refractivity contribution in [1.82, 2.24) is 4.90 Å². The zero-order valence-electron chi connectivity index (χ0n) is 13.5. The van der Waals surface area contributed by atoms with E-state index in [4.69, 9.17) is 9.47 Å². The number of para-hydroxylation sites is 1. The van der Waals surface area contributed by atoms with Crippen molar-refractivity contribution in [2.24, 2.45) is 5.41 Å². The molecule has 1 saturated heterocycles. The lowest BCUT2D eigenvalue weighted by Gasteiger charge is -2.40. The zero-order chi connectivity index (χ0) is 16.9. The summed E-state index contributed by atoms with van der Waals surface area (Å²) in [6, 6.07) is 9.11. The molecule has 1 aliphatic heterocycles. The summed E-state index contributed by atoms with van der Waals surface area (Å²) in [6.45, 7) is 2.47. The first-order valence-corrected chi connectivity index (χ1v) is 7.71. The predicted octanol–water partition coefficient (Wildman–Crippen LogP) is 1.79. The molecule has 1 fully saturated rings. The molecule has 1 aromatic rings. The monoisotopic (exact) mass is 321 g/mol. The van der Waals surface area contributed by atoms with Crippen LogP contribution in [0.2, 0.25) is 0 Å². The summed E-state index contributed by atoms with van der Waals surface area (Å²) >= 11 is 0. The van der Waals surface area contributed by atoms with Gasteiger partial charge in [0.2, 0.25) is 0 Å². The van der Waals surface area contributed by atoms with Gasteiger partial charge in [0.1, 0.15) is 11.2 Å². The van der Waals surface area contributed by atoms with Crippen molar-refractivity contribution in [3.05, 3.63) is 30.3 Å². The van der Waals surface area contributed by atoms with Gasteiger partial charge in [0, 0.05) is 20.2 Å². The number of rotatable bonds is 6. The van der Waals surface area contributed by atoms with Gasteiger partial charge in [0.15, 0.2) is 6.10 Å². The molecule has 2 atom stereocenters. The predicted molar refractivity (Wildman–Crippen MR) is 84.3 cm³/mol.